The van der Waals surface area contributed by atoms with E-state index in [2.05, 4.69) is 37.6 Å². The molecule has 9 nitrogen and oxygen atoms in total. The molecule has 0 saturated carbocycles. The molecule has 3 aromatic rings. The molecule has 0 fully saturated rings. The number of nitrogens with one attached hydrogen (secondary N) is 2. The number of carboxylic acid groups (broad SMARTS) is 1. The Morgan fingerprint density at radius 1 is 1.23 bits per heavy atom. The van der Waals surface area contributed by atoms with Gasteiger partial charge in [-0.25, -0.2) is 24.1 Å². The van der Waals surface area contributed by atoms with Crippen molar-refractivity contribution in [1.29, 1.82) is 0 Å². The normalized spacial score (nSPS) is 14.6. The predicted octanol–water partition coefficient (Wildman–Crippen LogP) is 4.26. The second-order valence-electron chi connectivity index (χ2n) is 10.1. The van der Waals surface area contributed by atoms with Crippen molar-refractivity contribution in [3.63, 3.8) is 0 Å². The van der Waals surface area contributed by atoms with Crippen LogP contribution in [0.15, 0.2) is 36.7 Å². The largest absolute Gasteiger partial charge is 0.480 e. The van der Waals surface area contributed by atoms with Gasteiger partial charge >= 0.3 is 5.97 Å². The molecule has 0 aliphatic carbocycles. The van der Waals surface area contributed by atoms with Gasteiger partial charge < -0.3 is 25.4 Å². The minimum Gasteiger partial charge on any atom is -0.480 e. The topological polar surface area (TPSA) is 113 Å². The van der Waals surface area contributed by atoms with E-state index < -0.39 is 24.8 Å². The van der Waals surface area contributed by atoms with Gasteiger partial charge in [0, 0.05) is 37.8 Å². The Morgan fingerprint density at radius 3 is 2.90 bits per heavy atom. The number of para-hydroxylation sites is 1. The summed E-state index contributed by atoms with van der Waals surface area (Å²) in [5, 5.41) is 17.2. The van der Waals surface area contributed by atoms with E-state index in [1.807, 2.05) is 25.1 Å². The van der Waals surface area contributed by atoms with Gasteiger partial charge in [0.1, 0.15) is 30.7 Å². The van der Waals surface area contributed by atoms with Crippen molar-refractivity contribution in [3.05, 3.63) is 53.5 Å². The molecule has 0 saturated heterocycles. The highest BCUT2D eigenvalue weighted by atomic mass is 19.1. The first-order chi connectivity index (χ1) is 19.0. The molecule has 0 spiro atoms. The Hall–Kier alpha value is -3.37. The third-order valence-electron chi connectivity index (χ3n) is 7.29. The van der Waals surface area contributed by atoms with E-state index in [-0.39, 0.29) is 0 Å². The van der Waals surface area contributed by atoms with Gasteiger partial charge in [0.2, 0.25) is 0 Å². The van der Waals surface area contributed by atoms with Crippen LogP contribution in [0.25, 0.3) is 10.9 Å². The summed E-state index contributed by atoms with van der Waals surface area (Å²) in [7, 11) is 1.50. The van der Waals surface area contributed by atoms with Crippen LogP contribution in [0.2, 0.25) is 0 Å². The number of benzene rings is 1. The van der Waals surface area contributed by atoms with Gasteiger partial charge in [-0.1, -0.05) is 18.2 Å². The fourth-order valence-corrected chi connectivity index (χ4v) is 5.00. The SMILES string of the molecule is COC(CF)CN(CCCCc1ccc2c(n1)NCCC2)CCC(Nc1ncnc2c(C)cccc12)C(=O)O. The van der Waals surface area contributed by atoms with Crippen LogP contribution in [0, 0.1) is 6.92 Å². The maximum Gasteiger partial charge on any atom is 0.326 e. The quantitative estimate of drug-likeness (QED) is 0.244. The number of aromatic nitrogens is 3. The third-order valence-corrected chi connectivity index (χ3v) is 7.29. The van der Waals surface area contributed by atoms with Gasteiger partial charge in [0.15, 0.2) is 0 Å². The first-order valence-corrected chi connectivity index (χ1v) is 13.7. The number of hydrogen-bond acceptors (Lipinski definition) is 8. The van der Waals surface area contributed by atoms with E-state index in [9.17, 15) is 14.3 Å². The van der Waals surface area contributed by atoms with Gasteiger partial charge in [-0.05, 0) is 75.3 Å². The first-order valence-electron chi connectivity index (χ1n) is 13.7. The lowest BCUT2D eigenvalue weighted by Gasteiger charge is -2.27. The molecule has 1 aliphatic heterocycles. The number of hydrogen-bond donors (Lipinski definition) is 3. The zero-order valence-electron chi connectivity index (χ0n) is 22.8. The molecule has 210 valence electrons. The molecule has 1 aromatic carbocycles. The molecule has 2 aromatic heterocycles. The number of aryl methyl sites for hydroxylation is 3. The predicted molar refractivity (Wildman–Crippen MR) is 151 cm³/mol. The van der Waals surface area contributed by atoms with Crippen molar-refractivity contribution in [3.8, 4) is 0 Å². The number of halogens is 1. The number of alkyl halides is 1. The molecule has 2 unspecified atom stereocenters. The zero-order valence-corrected chi connectivity index (χ0v) is 22.8. The molecule has 0 amide bonds. The van der Waals surface area contributed by atoms with Gasteiger partial charge in [-0.3, -0.25) is 0 Å². The van der Waals surface area contributed by atoms with Crippen LogP contribution >= 0.6 is 0 Å². The number of pyridine rings is 1. The summed E-state index contributed by atoms with van der Waals surface area (Å²) in [4.78, 5) is 27.7. The summed E-state index contributed by atoms with van der Waals surface area (Å²) in [5.41, 5.74) is 4.13. The molecule has 0 radical (unpaired) electrons. The number of aliphatic carboxylic acids is 1. The smallest absolute Gasteiger partial charge is 0.326 e. The average molecular weight is 539 g/mol. The lowest BCUT2D eigenvalue weighted by Crippen LogP contribution is -2.39. The molecular formula is C29H39FN6O3. The van der Waals surface area contributed by atoms with Crippen LogP contribution in [-0.2, 0) is 22.4 Å². The Bertz CT molecular complexity index is 1240. The minimum absolute atomic E-state index is 0.327. The number of carbonyl (C=O) groups is 1. The van der Waals surface area contributed by atoms with Crippen LogP contribution in [0.1, 0.15) is 42.5 Å². The van der Waals surface area contributed by atoms with E-state index in [1.165, 1.54) is 19.0 Å². The summed E-state index contributed by atoms with van der Waals surface area (Å²) < 4.78 is 18.8. The summed E-state index contributed by atoms with van der Waals surface area (Å²) in [6, 6.07) is 9.16. The van der Waals surface area contributed by atoms with Gasteiger partial charge in [0.05, 0.1) is 11.6 Å². The van der Waals surface area contributed by atoms with Crippen LogP contribution in [0.4, 0.5) is 16.0 Å². The van der Waals surface area contributed by atoms with Crippen LogP contribution in [0.5, 0.6) is 0 Å². The van der Waals surface area contributed by atoms with Crippen molar-refractivity contribution < 1.29 is 19.0 Å². The summed E-state index contributed by atoms with van der Waals surface area (Å²) in [5.74, 6) is 0.536. The second-order valence-corrected chi connectivity index (χ2v) is 10.1. The molecule has 39 heavy (non-hydrogen) atoms. The summed E-state index contributed by atoms with van der Waals surface area (Å²) in [6.45, 7) is 3.92. The number of anilines is 2. The van der Waals surface area contributed by atoms with E-state index in [0.717, 1.165) is 66.6 Å². The number of unbranched alkanes of at least 4 members (excludes halogenated alkanes) is 1. The number of ether oxygens (including phenoxy) is 1. The van der Waals surface area contributed by atoms with Crippen molar-refractivity contribution >= 4 is 28.5 Å². The number of methoxy groups -OCH3 is 1. The van der Waals surface area contributed by atoms with Crippen molar-refractivity contribution in [2.75, 3.05) is 50.6 Å². The van der Waals surface area contributed by atoms with E-state index in [1.54, 1.807) is 0 Å². The lowest BCUT2D eigenvalue weighted by molar-refractivity contribution is -0.138. The monoisotopic (exact) mass is 538 g/mol. The Kier molecular flexibility index (Phi) is 10.4. The number of rotatable bonds is 15. The Balaban J connectivity index is 1.35. The van der Waals surface area contributed by atoms with Crippen LogP contribution in [-0.4, -0.2) is 83.0 Å². The average Bonchev–Trinajstić information content (AvgIpc) is 2.95. The van der Waals surface area contributed by atoms with E-state index in [4.69, 9.17) is 9.72 Å². The third kappa shape index (κ3) is 7.83. The molecule has 0 bridgehead atoms. The molecule has 4 rings (SSSR count). The van der Waals surface area contributed by atoms with Crippen LogP contribution < -0.4 is 10.6 Å². The van der Waals surface area contributed by atoms with Gasteiger partial charge in [-0.15, -0.1) is 0 Å². The molecule has 3 heterocycles. The fourth-order valence-electron chi connectivity index (χ4n) is 5.00. The van der Waals surface area contributed by atoms with Gasteiger partial charge in [0.25, 0.3) is 0 Å². The maximum absolute atomic E-state index is 13.5. The highest BCUT2D eigenvalue weighted by Crippen LogP contribution is 2.23. The number of nitrogens with zero attached hydrogens (tertiary/aromatic N) is 4. The zero-order chi connectivity index (χ0) is 27.6. The molecular weight excluding hydrogens is 499 g/mol. The fraction of sp³-hybridized carbons (Fsp3) is 0.517. The summed E-state index contributed by atoms with van der Waals surface area (Å²) >= 11 is 0. The van der Waals surface area contributed by atoms with Crippen molar-refractivity contribution in [2.45, 2.75) is 57.6 Å². The maximum atomic E-state index is 13.5. The molecule has 2 atom stereocenters. The molecule has 10 heteroatoms. The van der Waals surface area contributed by atoms with Crippen molar-refractivity contribution in [1.82, 2.24) is 19.9 Å². The first kappa shape index (κ1) is 28.6. The molecule has 3 N–H and O–H groups in total. The minimum atomic E-state index is -0.963. The van der Waals surface area contributed by atoms with E-state index >= 15 is 0 Å². The van der Waals surface area contributed by atoms with Gasteiger partial charge in [-0.2, -0.15) is 0 Å². The molecule has 1 aliphatic rings. The standard InChI is InChI=1S/C29H39FN6O3/c1-20-7-5-10-24-26(20)32-19-33-28(24)35-25(29(37)38)13-16-36(18-23(17-30)39-2)15-4-3-9-22-12-11-21-8-6-14-31-27(21)34-22/h5,7,10-12,19,23,25H,3-4,6,8-9,13-18H2,1-2H3,(H,31,34)(H,37,38)(H,32,33,35). The summed E-state index contributed by atoms with van der Waals surface area (Å²) in [6.07, 6.45) is 6.10. The second kappa shape index (κ2) is 14.1. The van der Waals surface area contributed by atoms with Crippen molar-refractivity contribution in [2.24, 2.45) is 0 Å². The van der Waals surface area contributed by atoms with E-state index in [0.29, 0.717) is 31.9 Å². The lowest BCUT2D eigenvalue weighted by atomic mass is 10.1. The highest BCUT2D eigenvalue weighted by molar-refractivity contribution is 5.92. The Labute approximate surface area is 229 Å². The Morgan fingerprint density at radius 2 is 2.10 bits per heavy atom. The van der Waals surface area contributed by atoms with Crippen LogP contribution in [0.3, 0.4) is 0 Å². The number of fused-ring (bicyclic) bond motifs is 2. The number of carboxylic acids is 1. The highest BCUT2D eigenvalue weighted by Gasteiger charge is 2.22.